The average Bonchev–Trinajstić information content (AvgIpc) is 3.06. The van der Waals surface area contributed by atoms with E-state index < -0.39 is 28.5 Å². The Balaban J connectivity index is 1.88. The third-order valence-electron chi connectivity index (χ3n) is 3.14. The second-order valence-electron chi connectivity index (χ2n) is 4.96. The number of primary sulfonamides is 1. The highest BCUT2D eigenvalue weighted by atomic mass is 32.2. The number of sulfonamides is 1. The molecule has 1 aromatic carbocycles. The number of nitrogens with two attached hydrogens (primary N) is 1. The molecule has 3 N–H and O–H groups in total. The minimum absolute atomic E-state index is 0.00495. The molecule has 0 aliphatic heterocycles. The predicted octanol–water partition coefficient (Wildman–Crippen LogP) is 1.43. The number of rotatable bonds is 6. The molecule has 1 atom stereocenters. The molecule has 0 fully saturated rings. The summed E-state index contributed by atoms with van der Waals surface area (Å²) >= 11 is 1.23. The molecule has 0 bridgehead atoms. The van der Waals surface area contributed by atoms with Crippen molar-refractivity contribution in [3.8, 4) is 0 Å². The molecule has 7 nitrogen and oxygen atoms in total. The van der Waals surface area contributed by atoms with Gasteiger partial charge in [-0.1, -0.05) is 18.2 Å². The topological polar surface area (TPSA) is 116 Å². The Morgan fingerprint density at radius 3 is 2.46 bits per heavy atom. The van der Waals surface area contributed by atoms with Crippen LogP contribution in [0.1, 0.15) is 28.2 Å². The first-order valence-corrected chi connectivity index (χ1v) is 9.32. The van der Waals surface area contributed by atoms with E-state index in [0.717, 1.165) is 0 Å². The predicted molar refractivity (Wildman–Crippen MR) is 89.0 cm³/mol. The van der Waals surface area contributed by atoms with Crippen LogP contribution in [0.25, 0.3) is 0 Å². The van der Waals surface area contributed by atoms with Crippen molar-refractivity contribution in [3.63, 3.8) is 0 Å². The third-order valence-corrected chi connectivity index (χ3v) is 4.92. The van der Waals surface area contributed by atoms with Gasteiger partial charge >= 0.3 is 5.97 Å². The van der Waals surface area contributed by atoms with Gasteiger partial charge in [-0.15, -0.1) is 11.3 Å². The van der Waals surface area contributed by atoms with Crippen molar-refractivity contribution in [1.82, 2.24) is 5.32 Å². The van der Waals surface area contributed by atoms with E-state index in [0.29, 0.717) is 10.4 Å². The second-order valence-corrected chi connectivity index (χ2v) is 7.47. The van der Waals surface area contributed by atoms with Gasteiger partial charge in [0.05, 0.1) is 10.9 Å². The van der Waals surface area contributed by atoms with Crippen LogP contribution in [0.2, 0.25) is 0 Å². The number of thiophene rings is 1. The van der Waals surface area contributed by atoms with E-state index in [-0.39, 0.29) is 10.9 Å². The summed E-state index contributed by atoms with van der Waals surface area (Å²) in [6.45, 7) is 1.33. The Morgan fingerprint density at radius 2 is 1.92 bits per heavy atom. The molecule has 1 heterocycles. The van der Waals surface area contributed by atoms with Gasteiger partial charge in [-0.05, 0) is 36.1 Å². The van der Waals surface area contributed by atoms with E-state index in [1.54, 1.807) is 36.6 Å². The summed E-state index contributed by atoms with van der Waals surface area (Å²) in [4.78, 5) is 23.9. The summed E-state index contributed by atoms with van der Waals surface area (Å²) in [7, 11) is -3.75. The number of hydrogen-bond acceptors (Lipinski definition) is 6. The van der Waals surface area contributed by atoms with Crippen molar-refractivity contribution in [1.29, 1.82) is 0 Å². The minimum Gasteiger partial charge on any atom is -0.451 e. The van der Waals surface area contributed by atoms with Crippen molar-refractivity contribution in [2.24, 2.45) is 5.14 Å². The summed E-state index contributed by atoms with van der Waals surface area (Å²) in [6.07, 6.45) is 0. The number of hydrogen-bond donors (Lipinski definition) is 2. The largest absolute Gasteiger partial charge is 0.451 e. The minimum atomic E-state index is -3.75. The summed E-state index contributed by atoms with van der Waals surface area (Å²) in [5, 5.41) is 9.43. The molecular weight excluding hydrogens is 352 g/mol. The number of ether oxygens (including phenoxy) is 1. The maximum atomic E-state index is 11.8. The Kier molecular flexibility index (Phi) is 5.71. The van der Waals surface area contributed by atoms with Crippen molar-refractivity contribution in [2.45, 2.75) is 17.9 Å². The van der Waals surface area contributed by atoms with Gasteiger partial charge in [0, 0.05) is 0 Å². The second kappa shape index (κ2) is 7.56. The molecule has 1 aromatic heterocycles. The van der Waals surface area contributed by atoms with Crippen molar-refractivity contribution in [3.05, 3.63) is 52.2 Å². The monoisotopic (exact) mass is 368 g/mol. The van der Waals surface area contributed by atoms with E-state index in [2.05, 4.69) is 5.32 Å². The SMILES string of the molecule is C[C@H](NC(=O)COC(=O)c1cccs1)c1ccc(S(N)(=O)=O)cc1. The average molecular weight is 368 g/mol. The van der Waals surface area contributed by atoms with Gasteiger partial charge < -0.3 is 10.1 Å². The fraction of sp³-hybridized carbons (Fsp3) is 0.200. The lowest BCUT2D eigenvalue weighted by atomic mass is 10.1. The molecule has 24 heavy (non-hydrogen) atoms. The molecule has 0 radical (unpaired) electrons. The molecule has 0 saturated heterocycles. The fourth-order valence-electron chi connectivity index (χ4n) is 1.91. The van der Waals surface area contributed by atoms with Crippen LogP contribution in [-0.2, 0) is 19.6 Å². The number of esters is 1. The van der Waals surface area contributed by atoms with Crippen LogP contribution in [0.15, 0.2) is 46.7 Å². The number of carbonyl (C=O) groups is 2. The van der Waals surface area contributed by atoms with Crippen LogP contribution in [0.5, 0.6) is 0 Å². The van der Waals surface area contributed by atoms with Crippen LogP contribution in [0, 0.1) is 0 Å². The molecule has 0 aliphatic rings. The quantitative estimate of drug-likeness (QED) is 0.748. The summed E-state index contributed by atoms with van der Waals surface area (Å²) in [5.41, 5.74) is 0.695. The van der Waals surface area contributed by atoms with Crippen LogP contribution >= 0.6 is 11.3 Å². The maximum Gasteiger partial charge on any atom is 0.348 e. The smallest absolute Gasteiger partial charge is 0.348 e. The zero-order chi connectivity index (χ0) is 17.7. The van der Waals surface area contributed by atoms with Crippen LogP contribution in [-0.4, -0.2) is 26.9 Å². The van der Waals surface area contributed by atoms with Crippen molar-refractivity contribution in [2.75, 3.05) is 6.61 Å². The van der Waals surface area contributed by atoms with Crippen molar-refractivity contribution >= 4 is 33.2 Å². The van der Waals surface area contributed by atoms with Gasteiger partial charge in [-0.3, -0.25) is 4.79 Å². The first-order chi connectivity index (χ1) is 11.3. The molecule has 0 aliphatic carbocycles. The normalized spacial score (nSPS) is 12.4. The van der Waals surface area contributed by atoms with E-state index in [9.17, 15) is 18.0 Å². The van der Waals surface area contributed by atoms with Crippen LogP contribution in [0.3, 0.4) is 0 Å². The van der Waals surface area contributed by atoms with Crippen LogP contribution < -0.4 is 10.5 Å². The first kappa shape index (κ1) is 18.1. The highest BCUT2D eigenvalue weighted by Gasteiger charge is 2.14. The number of benzene rings is 1. The zero-order valence-corrected chi connectivity index (χ0v) is 14.4. The zero-order valence-electron chi connectivity index (χ0n) is 12.8. The first-order valence-electron chi connectivity index (χ1n) is 6.90. The molecule has 0 spiro atoms. The van der Waals surface area contributed by atoms with E-state index in [1.807, 2.05) is 0 Å². The highest BCUT2D eigenvalue weighted by Crippen LogP contribution is 2.15. The Labute approximate surface area is 143 Å². The maximum absolute atomic E-state index is 11.8. The Bertz CT molecular complexity index is 814. The van der Waals surface area contributed by atoms with E-state index in [1.165, 1.54) is 23.5 Å². The molecule has 0 unspecified atom stereocenters. The fourth-order valence-corrected chi connectivity index (χ4v) is 3.04. The van der Waals surface area contributed by atoms with Gasteiger partial charge in [0.15, 0.2) is 6.61 Å². The van der Waals surface area contributed by atoms with Gasteiger partial charge in [0.2, 0.25) is 10.0 Å². The third kappa shape index (κ3) is 4.88. The highest BCUT2D eigenvalue weighted by molar-refractivity contribution is 7.89. The molecule has 128 valence electrons. The van der Waals surface area contributed by atoms with Gasteiger partial charge in [-0.25, -0.2) is 18.4 Å². The number of carbonyl (C=O) groups excluding carboxylic acids is 2. The lowest BCUT2D eigenvalue weighted by Gasteiger charge is -2.14. The van der Waals surface area contributed by atoms with E-state index >= 15 is 0 Å². The summed E-state index contributed by atoms with van der Waals surface area (Å²) in [6, 6.07) is 8.79. The molecule has 9 heteroatoms. The lowest BCUT2D eigenvalue weighted by molar-refractivity contribution is -0.124. The number of nitrogens with one attached hydrogen (secondary N) is 1. The summed E-state index contributed by atoms with van der Waals surface area (Å²) < 4.78 is 27.3. The Hall–Kier alpha value is -2.23. The van der Waals surface area contributed by atoms with Gasteiger partial charge in [0.25, 0.3) is 5.91 Å². The molecule has 2 aromatic rings. The molecule has 0 saturated carbocycles. The lowest BCUT2D eigenvalue weighted by Crippen LogP contribution is -2.31. The molecular formula is C15H16N2O5S2. The van der Waals surface area contributed by atoms with Gasteiger partial charge in [-0.2, -0.15) is 0 Å². The molecule has 2 rings (SSSR count). The number of amides is 1. The molecule has 1 amide bonds. The van der Waals surface area contributed by atoms with Gasteiger partial charge in [0.1, 0.15) is 4.88 Å². The Morgan fingerprint density at radius 1 is 1.25 bits per heavy atom. The standard InChI is InChI=1S/C15H16N2O5S2/c1-10(11-4-6-12(7-5-11)24(16,20)21)17-14(18)9-22-15(19)13-3-2-8-23-13/h2-8,10H,9H2,1H3,(H,17,18)(H2,16,20,21)/t10-/m0/s1. The van der Waals surface area contributed by atoms with Crippen molar-refractivity contribution < 1.29 is 22.7 Å². The van der Waals surface area contributed by atoms with Crippen LogP contribution in [0.4, 0.5) is 0 Å². The van der Waals surface area contributed by atoms with E-state index in [4.69, 9.17) is 9.88 Å². The summed E-state index contributed by atoms with van der Waals surface area (Å²) in [5.74, 6) is -1.01.